The van der Waals surface area contributed by atoms with Gasteiger partial charge in [-0.15, -0.1) is 0 Å². The van der Waals surface area contributed by atoms with E-state index in [1.54, 1.807) is 17.0 Å². The topological polar surface area (TPSA) is 76.1 Å². The molecule has 1 amide bonds. The zero-order valence-corrected chi connectivity index (χ0v) is 14.5. The highest BCUT2D eigenvalue weighted by molar-refractivity contribution is 5.93. The number of phenolic OH excluding ortho intramolecular Hbond substituents is 1. The number of nitrogens with zero attached hydrogens (tertiary/aromatic N) is 1. The molecule has 0 bridgehead atoms. The molecule has 0 saturated carbocycles. The number of rotatable bonds is 2. The fourth-order valence-electron chi connectivity index (χ4n) is 2.44. The summed E-state index contributed by atoms with van der Waals surface area (Å²) in [4.78, 5) is 25.2. The van der Waals surface area contributed by atoms with Gasteiger partial charge in [0.2, 0.25) is 0 Å². The largest absolute Gasteiger partial charge is 0.507 e. The molecule has 0 aliphatic carbocycles. The zero-order valence-electron chi connectivity index (χ0n) is 14.5. The highest BCUT2D eigenvalue weighted by Gasteiger charge is 2.24. The lowest BCUT2D eigenvalue weighted by atomic mass is 9.98. The molecule has 1 heterocycles. The van der Waals surface area contributed by atoms with E-state index in [0.29, 0.717) is 19.5 Å². The quantitative estimate of drug-likeness (QED) is 0.841. The molecule has 6 nitrogen and oxygen atoms in total. The van der Waals surface area contributed by atoms with Crippen molar-refractivity contribution in [2.24, 2.45) is 0 Å². The van der Waals surface area contributed by atoms with E-state index in [0.717, 1.165) is 11.1 Å². The van der Waals surface area contributed by atoms with Gasteiger partial charge in [-0.25, -0.2) is 9.59 Å². The van der Waals surface area contributed by atoms with Crippen molar-refractivity contribution in [1.82, 2.24) is 4.90 Å². The number of methoxy groups -OCH3 is 1. The number of aromatic hydroxyl groups is 1. The van der Waals surface area contributed by atoms with E-state index in [4.69, 9.17) is 4.74 Å². The molecule has 1 aliphatic heterocycles. The SMILES string of the molecule is COC(=O)c1ccc(C2=CCN(C(=O)OC(C)(C)C)CC2)cc1O. The van der Waals surface area contributed by atoms with Crippen molar-refractivity contribution in [1.29, 1.82) is 0 Å². The van der Waals surface area contributed by atoms with Crippen molar-refractivity contribution >= 4 is 17.6 Å². The van der Waals surface area contributed by atoms with E-state index < -0.39 is 11.6 Å². The molecule has 0 unspecified atom stereocenters. The number of esters is 1. The molecule has 0 radical (unpaired) electrons. The number of carbonyl (C=O) groups is 2. The minimum Gasteiger partial charge on any atom is -0.507 e. The molecular weight excluding hydrogens is 310 g/mol. The van der Waals surface area contributed by atoms with Crippen molar-refractivity contribution in [3.63, 3.8) is 0 Å². The summed E-state index contributed by atoms with van der Waals surface area (Å²) in [5, 5.41) is 9.98. The Morgan fingerprint density at radius 2 is 1.96 bits per heavy atom. The molecule has 130 valence electrons. The molecule has 0 fully saturated rings. The normalized spacial score (nSPS) is 14.8. The monoisotopic (exact) mass is 333 g/mol. The van der Waals surface area contributed by atoms with Crippen LogP contribution in [0.2, 0.25) is 0 Å². The number of amides is 1. The Labute approximate surface area is 141 Å². The van der Waals surface area contributed by atoms with Gasteiger partial charge in [0.15, 0.2) is 0 Å². The second kappa shape index (κ2) is 6.95. The van der Waals surface area contributed by atoms with Crippen LogP contribution >= 0.6 is 0 Å². The second-order valence-corrected chi connectivity index (χ2v) is 6.63. The fourth-order valence-corrected chi connectivity index (χ4v) is 2.44. The lowest BCUT2D eigenvalue weighted by Gasteiger charge is -2.29. The van der Waals surface area contributed by atoms with Gasteiger partial charge in [-0.3, -0.25) is 0 Å². The molecular formula is C18H23NO5. The van der Waals surface area contributed by atoms with Crippen LogP contribution in [0.3, 0.4) is 0 Å². The van der Waals surface area contributed by atoms with Crippen LogP contribution in [0.5, 0.6) is 5.75 Å². The highest BCUT2D eigenvalue weighted by atomic mass is 16.6. The Hall–Kier alpha value is -2.50. The molecule has 1 N–H and O–H groups in total. The Balaban J connectivity index is 2.09. The first-order chi connectivity index (χ1) is 11.2. The van der Waals surface area contributed by atoms with E-state index in [2.05, 4.69) is 4.74 Å². The van der Waals surface area contributed by atoms with Gasteiger partial charge in [-0.1, -0.05) is 12.1 Å². The van der Waals surface area contributed by atoms with Crippen LogP contribution in [0.4, 0.5) is 4.79 Å². The van der Waals surface area contributed by atoms with Crippen molar-refractivity contribution in [3.05, 3.63) is 35.4 Å². The zero-order chi connectivity index (χ0) is 17.9. The van der Waals surface area contributed by atoms with Gasteiger partial charge < -0.3 is 19.5 Å². The van der Waals surface area contributed by atoms with E-state index in [-0.39, 0.29) is 17.4 Å². The average molecular weight is 333 g/mol. The first-order valence-corrected chi connectivity index (χ1v) is 7.80. The van der Waals surface area contributed by atoms with Gasteiger partial charge in [0.25, 0.3) is 0 Å². The molecule has 1 aromatic carbocycles. The van der Waals surface area contributed by atoms with Crippen molar-refractivity contribution in [2.75, 3.05) is 20.2 Å². The summed E-state index contributed by atoms with van der Waals surface area (Å²) in [6.07, 6.45) is 2.25. The third-order valence-electron chi connectivity index (χ3n) is 3.63. The lowest BCUT2D eigenvalue weighted by molar-refractivity contribution is 0.0270. The van der Waals surface area contributed by atoms with Crippen LogP contribution in [0.15, 0.2) is 24.3 Å². The fraction of sp³-hybridized carbons (Fsp3) is 0.444. The summed E-state index contributed by atoms with van der Waals surface area (Å²) in [5.41, 5.74) is 1.45. The number of benzene rings is 1. The van der Waals surface area contributed by atoms with Crippen molar-refractivity contribution in [3.8, 4) is 5.75 Å². The van der Waals surface area contributed by atoms with E-state index in [9.17, 15) is 14.7 Å². The molecule has 0 aromatic heterocycles. The van der Waals surface area contributed by atoms with Gasteiger partial charge in [-0.2, -0.15) is 0 Å². The Bertz CT molecular complexity index is 672. The molecule has 6 heteroatoms. The molecule has 1 aliphatic rings. The molecule has 0 atom stereocenters. The maximum Gasteiger partial charge on any atom is 0.410 e. The molecule has 0 saturated heterocycles. The summed E-state index contributed by atoms with van der Waals surface area (Å²) in [7, 11) is 1.27. The van der Waals surface area contributed by atoms with Crippen LogP contribution in [0.25, 0.3) is 5.57 Å². The maximum absolute atomic E-state index is 12.0. The standard InChI is InChI=1S/C18H23NO5/c1-18(2,3)24-17(22)19-9-7-12(8-10-19)13-5-6-14(15(20)11-13)16(21)23-4/h5-7,11,20H,8-10H2,1-4H3. The number of carbonyl (C=O) groups excluding carboxylic acids is 2. The van der Waals surface area contributed by atoms with Crippen LogP contribution < -0.4 is 0 Å². The highest BCUT2D eigenvalue weighted by Crippen LogP contribution is 2.28. The van der Waals surface area contributed by atoms with Crippen LogP contribution in [-0.4, -0.2) is 47.9 Å². The number of phenols is 1. The minimum absolute atomic E-state index is 0.116. The second-order valence-electron chi connectivity index (χ2n) is 6.63. The van der Waals surface area contributed by atoms with Crippen LogP contribution in [0, 0.1) is 0 Å². The predicted molar refractivity (Wildman–Crippen MR) is 89.8 cm³/mol. The average Bonchev–Trinajstić information content (AvgIpc) is 2.52. The van der Waals surface area contributed by atoms with Gasteiger partial charge in [-0.05, 0) is 50.5 Å². The van der Waals surface area contributed by atoms with E-state index >= 15 is 0 Å². The Kier molecular flexibility index (Phi) is 5.17. The lowest BCUT2D eigenvalue weighted by Crippen LogP contribution is -2.39. The molecule has 1 aromatic rings. The summed E-state index contributed by atoms with van der Waals surface area (Å²) >= 11 is 0. The molecule has 2 rings (SSSR count). The molecule has 0 spiro atoms. The number of hydrogen-bond donors (Lipinski definition) is 1. The summed E-state index contributed by atoms with van der Waals surface area (Å²) in [5.74, 6) is -0.692. The number of ether oxygens (including phenoxy) is 2. The third kappa shape index (κ3) is 4.28. The van der Waals surface area contributed by atoms with Crippen molar-refractivity contribution in [2.45, 2.75) is 32.8 Å². The smallest absolute Gasteiger partial charge is 0.410 e. The van der Waals surface area contributed by atoms with Crippen LogP contribution in [0.1, 0.15) is 43.1 Å². The van der Waals surface area contributed by atoms with E-state index in [1.165, 1.54) is 13.2 Å². The van der Waals surface area contributed by atoms with Crippen molar-refractivity contribution < 1.29 is 24.2 Å². The first-order valence-electron chi connectivity index (χ1n) is 7.80. The summed E-state index contributed by atoms with van der Waals surface area (Å²) in [6, 6.07) is 4.85. The van der Waals surface area contributed by atoms with Gasteiger partial charge in [0, 0.05) is 13.1 Å². The molecule has 24 heavy (non-hydrogen) atoms. The minimum atomic E-state index is -0.576. The van der Waals surface area contributed by atoms with Crippen LogP contribution in [-0.2, 0) is 9.47 Å². The maximum atomic E-state index is 12.0. The first kappa shape index (κ1) is 17.8. The van der Waals surface area contributed by atoms with Gasteiger partial charge in [0.05, 0.1) is 7.11 Å². The Morgan fingerprint density at radius 3 is 2.46 bits per heavy atom. The van der Waals surface area contributed by atoms with Gasteiger partial charge in [0.1, 0.15) is 16.9 Å². The number of hydrogen-bond acceptors (Lipinski definition) is 5. The predicted octanol–water partition coefficient (Wildman–Crippen LogP) is 3.20. The third-order valence-corrected chi connectivity index (χ3v) is 3.63. The summed E-state index contributed by atoms with van der Waals surface area (Å²) in [6.45, 7) is 6.50. The van der Waals surface area contributed by atoms with E-state index in [1.807, 2.05) is 26.8 Å². The van der Waals surface area contributed by atoms with Gasteiger partial charge >= 0.3 is 12.1 Å². The Morgan fingerprint density at radius 1 is 1.25 bits per heavy atom. The summed E-state index contributed by atoms with van der Waals surface area (Å²) < 4.78 is 9.97.